The maximum atomic E-state index is 13.4. The number of benzene rings is 1. The van der Waals surface area contributed by atoms with E-state index in [-0.39, 0.29) is 10.5 Å². The topological polar surface area (TPSA) is 0 Å². The minimum absolute atomic E-state index is 0.0678. The molecule has 0 saturated carbocycles. The molecular formula is C11H11F3S. The van der Waals surface area contributed by atoms with E-state index in [1.54, 1.807) is 20.1 Å². The molecule has 0 heterocycles. The fraction of sp³-hybridized carbons (Fsp3) is 0.273. The van der Waals surface area contributed by atoms with Crippen molar-refractivity contribution in [1.82, 2.24) is 0 Å². The van der Waals surface area contributed by atoms with Gasteiger partial charge in [0.05, 0.1) is 0 Å². The van der Waals surface area contributed by atoms with Crippen molar-refractivity contribution in [2.45, 2.75) is 18.7 Å². The molecule has 1 rings (SSSR count). The number of hydrogen-bond donors (Lipinski definition) is 0. The highest BCUT2D eigenvalue weighted by molar-refractivity contribution is 7.98. The zero-order chi connectivity index (χ0) is 11.7. The predicted octanol–water partition coefficient (Wildman–Crippen LogP) is 4.17. The summed E-state index contributed by atoms with van der Waals surface area (Å²) in [4.78, 5) is 0.131. The van der Waals surface area contributed by atoms with Crippen LogP contribution in [0.3, 0.4) is 0 Å². The minimum atomic E-state index is -1.43. The van der Waals surface area contributed by atoms with E-state index in [1.165, 1.54) is 0 Å². The molecule has 0 N–H and O–H groups in total. The predicted molar refractivity (Wildman–Crippen MR) is 57.5 cm³/mol. The standard InChI is InChI=1S/C11H11F3S/c1-5(2)7-6(3)11(15-4)10(14)9(13)8(7)12/h1H2,2-4H3. The van der Waals surface area contributed by atoms with Crippen LogP contribution in [0.4, 0.5) is 13.2 Å². The normalized spacial score (nSPS) is 10.5. The summed E-state index contributed by atoms with van der Waals surface area (Å²) in [5.41, 5.74) is 0.851. The molecule has 0 radical (unpaired) electrons. The summed E-state index contributed by atoms with van der Waals surface area (Å²) in [5.74, 6) is -3.71. The van der Waals surface area contributed by atoms with E-state index in [9.17, 15) is 13.2 Å². The van der Waals surface area contributed by atoms with Crippen LogP contribution in [0.15, 0.2) is 11.5 Å². The molecule has 0 aliphatic heterocycles. The number of thioether (sulfide) groups is 1. The smallest absolute Gasteiger partial charge is 0.196 e. The Bertz CT molecular complexity index is 425. The van der Waals surface area contributed by atoms with Crippen molar-refractivity contribution in [2.75, 3.05) is 6.26 Å². The van der Waals surface area contributed by atoms with E-state index in [0.29, 0.717) is 11.1 Å². The van der Waals surface area contributed by atoms with Gasteiger partial charge in [0.2, 0.25) is 0 Å². The third-order valence-corrected chi connectivity index (χ3v) is 3.04. The maximum absolute atomic E-state index is 13.4. The Kier molecular flexibility index (Phi) is 3.50. The van der Waals surface area contributed by atoms with Gasteiger partial charge in [0, 0.05) is 10.5 Å². The Morgan fingerprint density at radius 1 is 1.13 bits per heavy atom. The number of hydrogen-bond acceptors (Lipinski definition) is 1. The third-order valence-electron chi connectivity index (χ3n) is 2.15. The van der Waals surface area contributed by atoms with E-state index in [1.807, 2.05) is 0 Å². The summed E-state index contributed by atoms with van der Waals surface area (Å²) >= 11 is 1.05. The molecule has 0 nitrogen and oxygen atoms in total. The highest BCUT2D eigenvalue weighted by atomic mass is 32.2. The first-order valence-corrected chi connectivity index (χ1v) is 5.51. The van der Waals surface area contributed by atoms with Crippen molar-refractivity contribution in [3.8, 4) is 0 Å². The van der Waals surface area contributed by atoms with Gasteiger partial charge in [-0.15, -0.1) is 11.8 Å². The molecule has 0 unspecified atom stereocenters. The van der Waals surface area contributed by atoms with Gasteiger partial charge in [-0.25, -0.2) is 13.2 Å². The van der Waals surface area contributed by atoms with E-state index in [2.05, 4.69) is 6.58 Å². The van der Waals surface area contributed by atoms with Crippen molar-refractivity contribution < 1.29 is 13.2 Å². The van der Waals surface area contributed by atoms with Gasteiger partial charge in [-0.2, -0.15) is 0 Å². The van der Waals surface area contributed by atoms with Crippen LogP contribution in [0.2, 0.25) is 0 Å². The van der Waals surface area contributed by atoms with Crippen molar-refractivity contribution in [3.63, 3.8) is 0 Å². The number of allylic oxidation sites excluding steroid dienone is 1. The molecule has 0 spiro atoms. The lowest BCUT2D eigenvalue weighted by Gasteiger charge is -2.13. The van der Waals surface area contributed by atoms with Gasteiger partial charge >= 0.3 is 0 Å². The molecule has 1 aromatic rings. The first-order chi connectivity index (χ1) is 6.91. The van der Waals surface area contributed by atoms with Crippen molar-refractivity contribution in [1.29, 1.82) is 0 Å². The first kappa shape index (κ1) is 12.2. The van der Waals surface area contributed by atoms with Crippen LogP contribution in [0.25, 0.3) is 5.57 Å². The molecule has 0 aliphatic rings. The molecule has 0 amide bonds. The fourth-order valence-electron chi connectivity index (χ4n) is 1.50. The SMILES string of the molecule is C=C(C)c1c(C)c(SC)c(F)c(F)c1F. The zero-order valence-electron chi connectivity index (χ0n) is 8.75. The molecule has 0 bridgehead atoms. The molecule has 0 aromatic heterocycles. The lowest BCUT2D eigenvalue weighted by molar-refractivity contribution is 0.432. The van der Waals surface area contributed by atoms with Crippen LogP contribution in [0.1, 0.15) is 18.1 Å². The molecule has 0 aliphatic carbocycles. The quantitative estimate of drug-likeness (QED) is 0.545. The second kappa shape index (κ2) is 4.31. The van der Waals surface area contributed by atoms with Crippen molar-refractivity contribution in [2.24, 2.45) is 0 Å². The zero-order valence-corrected chi connectivity index (χ0v) is 9.57. The molecule has 4 heteroatoms. The Morgan fingerprint density at radius 2 is 1.67 bits per heavy atom. The summed E-state index contributed by atoms with van der Waals surface area (Å²) in [5, 5.41) is 0. The molecule has 0 atom stereocenters. The van der Waals surface area contributed by atoms with Gasteiger partial charge in [-0.3, -0.25) is 0 Å². The maximum Gasteiger partial charge on any atom is 0.196 e. The van der Waals surface area contributed by atoms with Gasteiger partial charge in [-0.1, -0.05) is 6.58 Å². The lowest BCUT2D eigenvalue weighted by atomic mass is 10.0. The van der Waals surface area contributed by atoms with Crippen LogP contribution in [0, 0.1) is 24.4 Å². The second-order valence-electron chi connectivity index (χ2n) is 3.26. The summed E-state index contributed by atoms with van der Waals surface area (Å²) < 4.78 is 39.9. The summed E-state index contributed by atoms with van der Waals surface area (Å²) in [6.45, 7) is 6.67. The fourth-order valence-corrected chi connectivity index (χ4v) is 2.18. The molecule has 15 heavy (non-hydrogen) atoms. The van der Waals surface area contributed by atoms with E-state index < -0.39 is 17.5 Å². The van der Waals surface area contributed by atoms with Gasteiger partial charge in [0.15, 0.2) is 17.5 Å². The van der Waals surface area contributed by atoms with Crippen LogP contribution in [-0.2, 0) is 0 Å². The van der Waals surface area contributed by atoms with Crippen LogP contribution < -0.4 is 0 Å². The van der Waals surface area contributed by atoms with Gasteiger partial charge < -0.3 is 0 Å². The van der Waals surface area contributed by atoms with Crippen molar-refractivity contribution in [3.05, 3.63) is 35.2 Å². The Balaban J connectivity index is 3.68. The van der Waals surface area contributed by atoms with Gasteiger partial charge in [0.1, 0.15) is 0 Å². The first-order valence-electron chi connectivity index (χ1n) is 4.28. The average molecular weight is 232 g/mol. The number of rotatable bonds is 2. The third kappa shape index (κ3) is 1.91. The number of halogens is 3. The highest BCUT2D eigenvalue weighted by Crippen LogP contribution is 2.33. The van der Waals surface area contributed by atoms with Crippen LogP contribution in [-0.4, -0.2) is 6.26 Å². The van der Waals surface area contributed by atoms with Crippen molar-refractivity contribution >= 4 is 17.3 Å². The lowest BCUT2D eigenvalue weighted by Crippen LogP contribution is -2.02. The van der Waals surface area contributed by atoms with E-state index in [0.717, 1.165) is 11.8 Å². The van der Waals surface area contributed by atoms with E-state index >= 15 is 0 Å². The largest absolute Gasteiger partial charge is 0.203 e. The van der Waals surface area contributed by atoms with E-state index in [4.69, 9.17) is 0 Å². The molecule has 82 valence electrons. The minimum Gasteiger partial charge on any atom is -0.203 e. The average Bonchev–Trinajstić information content (AvgIpc) is 2.15. The summed E-state index contributed by atoms with van der Waals surface area (Å²) in [6.07, 6.45) is 1.62. The van der Waals surface area contributed by atoms with Gasteiger partial charge in [0.25, 0.3) is 0 Å². The summed E-state index contributed by atoms with van der Waals surface area (Å²) in [6, 6.07) is 0. The Hall–Kier alpha value is -0.900. The summed E-state index contributed by atoms with van der Waals surface area (Å²) in [7, 11) is 0. The van der Waals surface area contributed by atoms with Gasteiger partial charge in [-0.05, 0) is 31.2 Å². The monoisotopic (exact) mass is 232 g/mol. The van der Waals surface area contributed by atoms with Crippen LogP contribution in [0.5, 0.6) is 0 Å². The molecule has 0 saturated heterocycles. The Labute approximate surface area is 91.2 Å². The molecule has 0 fully saturated rings. The van der Waals surface area contributed by atoms with Crippen LogP contribution >= 0.6 is 11.8 Å². The second-order valence-corrected chi connectivity index (χ2v) is 4.07. The Morgan fingerprint density at radius 3 is 2.07 bits per heavy atom. The molecule has 1 aromatic carbocycles. The molecular weight excluding hydrogens is 221 g/mol. The highest BCUT2D eigenvalue weighted by Gasteiger charge is 2.22.